The fourth-order valence-corrected chi connectivity index (χ4v) is 3.54. The molecule has 1 atom stereocenters. The van der Waals surface area contributed by atoms with Gasteiger partial charge < -0.3 is 4.90 Å². The molecule has 0 N–H and O–H groups in total. The highest BCUT2D eigenvalue weighted by molar-refractivity contribution is 9.10. The Balaban J connectivity index is 1.90. The van der Waals surface area contributed by atoms with E-state index >= 15 is 0 Å². The lowest BCUT2D eigenvalue weighted by Crippen LogP contribution is -2.31. The predicted octanol–water partition coefficient (Wildman–Crippen LogP) is 2.65. The van der Waals surface area contributed by atoms with Crippen molar-refractivity contribution < 1.29 is 0 Å². The van der Waals surface area contributed by atoms with Crippen molar-refractivity contribution in [1.82, 2.24) is 9.80 Å². The minimum atomic E-state index is 0.740. The van der Waals surface area contributed by atoms with Gasteiger partial charge in [0, 0.05) is 35.0 Å². The molecule has 4 heteroatoms. The average molecular weight is 289 g/mol. The Morgan fingerprint density at radius 2 is 2.40 bits per heavy atom. The van der Waals surface area contributed by atoms with Gasteiger partial charge in [-0.05, 0) is 47.9 Å². The van der Waals surface area contributed by atoms with Gasteiger partial charge in [-0.3, -0.25) is 4.90 Å². The summed E-state index contributed by atoms with van der Waals surface area (Å²) in [5.41, 5.74) is 0. The summed E-state index contributed by atoms with van der Waals surface area (Å²) in [4.78, 5) is 6.33. The number of nitrogens with zero attached hydrogens (tertiary/aromatic N) is 2. The molecule has 2 nitrogen and oxygen atoms in total. The zero-order valence-electron chi connectivity index (χ0n) is 9.24. The van der Waals surface area contributed by atoms with Crippen LogP contribution in [0.3, 0.4) is 0 Å². The third-order valence-electron chi connectivity index (χ3n) is 3.04. The molecule has 0 saturated carbocycles. The molecular weight excluding hydrogens is 272 g/mol. The summed E-state index contributed by atoms with van der Waals surface area (Å²) in [5.74, 6) is 0. The first kappa shape index (κ1) is 11.6. The molecule has 1 saturated heterocycles. The molecule has 2 rings (SSSR count). The molecule has 84 valence electrons. The number of likely N-dealkylation sites (N-methyl/N-ethyl adjacent to an activating group) is 1. The maximum Gasteiger partial charge on any atom is 0.0339 e. The number of rotatable bonds is 3. The van der Waals surface area contributed by atoms with Crippen LogP contribution in [0.2, 0.25) is 0 Å². The molecular formula is C11H17BrN2S. The first-order chi connectivity index (χ1) is 7.16. The normalized spacial score (nSPS) is 22.8. The third kappa shape index (κ3) is 2.81. The largest absolute Gasteiger partial charge is 0.305 e. The standard InChI is InChI=1S/C11H17BrN2S/c1-13(2)9-3-5-14(7-9)8-11-10(12)4-6-15-11/h4,6,9H,3,5,7-8H2,1-2H3. The number of thiophene rings is 1. The molecule has 0 spiro atoms. The molecule has 15 heavy (non-hydrogen) atoms. The van der Waals surface area contributed by atoms with Crippen LogP contribution in [0.4, 0.5) is 0 Å². The van der Waals surface area contributed by atoms with Gasteiger partial charge in [0.05, 0.1) is 0 Å². The van der Waals surface area contributed by atoms with Crippen LogP contribution in [0.1, 0.15) is 11.3 Å². The van der Waals surface area contributed by atoms with E-state index in [9.17, 15) is 0 Å². The zero-order chi connectivity index (χ0) is 10.8. The van der Waals surface area contributed by atoms with Gasteiger partial charge >= 0.3 is 0 Å². The predicted molar refractivity (Wildman–Crippen MR) is 69.4 cm³/mol. The quantitative estimate of drug-likeness (QED) is 0.844. The van der Waals surface area contributed by atoms with Crippen LogP contribution in [0.5, 0.6) is 0 Å². The Morgan fingerprint density at radius 1 is 1.60 bits per heavy atom. The molecule has 0 aromatic carbocycles. The first-order valence-corrected chi connectivity index (χ1v) is 6.94. The molecule has 1 unspecified atom stereocenters. The second-order valence-electron chi connectivity index (χ2n) is 4.33. The SMILES string of the molecule is CN(C)C1CCN(Cc2sccc2Br)C1. The van der Waals surface area contributed by atoms with Crippen molar-refractivity contribution in [3.05, 3.63) is 20.8 Å². The van der Waals surface area contributed by atoms with Gasteiger partial charge in [0.25, 0.3) is 0 Å². The Kier molecular flexibility index (Phi) is 3.83. The Bertz CT molecular complexity index is 324. The van der Waals surface area contributed by atoms with Crippen molar-refractivity contribution in [3.63, 3.8) is 0 Å². The van der Waals surface area contributed by atoms with Crippen LogP contribution < -0.4 is 0 Å². The monoisotopic (exact) mass is 288 g/mol. The van der Waals surface area contributed by atoms with E-state index in [2.05, 4.69) is 51.3 Å². The van der Waals surface area contributed by atoms with Gasteiger partial charge in [0.1, 0.15) is 0 Å². The van der Waals surface area contributed by atoms with Crippen molar-refractivity contribution in [1.29, 1.82) is 0 Å². The molecule has 1 aliphatic rings. The average Bonchev–Trinajstić information content (AvgIpc) is 2.77. The number of hydrogen-bond acceptors (Lipinski definition) is 3. The van der Waals surface area contributed by atoms with Gasteiger partial charge in [0.15, 0.2) is 0 Å². The van der Waals surface area contributed by atoms with Crippen molar-refractivity contribution in [2.75, 3.05) is 27.2 Å². The van der Waals surface area contributed by atoms with E-state index < -0.39 is 0 Å². The smallest absolute Gasteiger partial charge is 0.0339 e. The Labute approximate surface area is 104 Å². The lowest BCUT2D eigenvalue weighted by Gasteiger charge is -2.20. The van der Waals surface area contributed by atoms with Crippen LogP contribution in [-0.4, -0.2) is 43.0 Å². The van der Waals surface area contributed by atoms with Gasteiger partial charge in [-0.15, -0.1) is 11.3 Å². The third-order valence-corrected chi connectivity index (χ3v) is 4.95. The minimum absolute atomic E-state index is 0.740. The summed E-state index contributed by atoms with van der Waals surface area (Å²) < 4.78 is 1.26. The molecule has 1 fully saturated rings. The molecule has 1 aliphatic heterocycles. The highest BCUT2D eigenvalue weighted by atomic mass is 79.9. The van der Waals surface area contributed by atoms with E-state index in [1.165, 1.54) is 28.9 Å². The van der Waals surface area contributed by atoms with E-state index in [1.54, 1.807) is 0 Å². The maximum atomic E-state index is 3.59. The van der Waals surface area contributed by atoms with Gasteiger partial charge in [-0.2, -0.15) is 0 Å². The first-order valence-electron chi connectivity index (χ1n) is 5.27. The second kappa shape index (κ2) is 4.95. The highest BCUT2D eigenvalue weighted by Crippen LogP contribution is 2.26. The van der Waals surface area contributed by atoms with Crippen molar-refractivity contribution in [3.8, 4) is 0 Å². The van der Waals surface area contributed by atoms with E-state index in [4.69, 9.17) is 0 Å². The van der Waals surface area contributed by atoms with Crippen LogP contribution in [0, 0.1) is 0 Å². The molecule has 0 amide bonds. The molecule has 1 aromatic heterocycles. The summed E-state index contributed by atoms with van der Waals surface area (Å²) >= 11 is 5.43. The van der Waals surface area contributed by atoms with E-state index in [1.807, 2.05) is 11.3 Å². The fraction of sp³-hybridized carbons (Fsp3) is 0.636. The van der Waals surface area contributed by atoms with Gasteiger partial charge in [-0.25, -0.2) is 0 Å². The summed E-state index contributed by atoms with van der Waals surface area (Å²) in [7, 11) is 4.35. The Hall–Kier alpha value is 0.100. The van der Waals surface area contributed by atoms with Crippen molar-refractivity contribution >= 4 is 27.3 Å². The van der Waals surface area contributed by atoms with Crippen LogP contribution in [0.15, 0.2) is 15.9 Å². The summed E-state index contributed by atoms with van der Waals surface area (Å²) in [6.07, 6.45) is 1.30. The lowest BCUT2D eigenvalue weighted by molar-refractivity contribution is 0.265. The van der Waals surface area contributed by atoms with Crippen molar-refractivity contribution in [2.24, 2.45) is 0 Å². The molecule has 2 heterocycles. The van der Waals surface area contributed by atoms with Crippen molar-refractivity contribution in [2.45, 2.75) is 19.0 Å². The summed E-state index contributed by atoms with van der Waals surface area (Å²) in [6, 6.07) is 2.88. The van der Waals surface area contributed by atoms with E-state index in [0.29, 0.717) is 0 Å². The summed E-state index contributed by atoms with van der Waals surface area (Å²) in [5, 5.41) is 2.15. The summed E-state index contributed by atoms with van der Waals surface area (Å²) in [6.45, 7) is 3.53. The van der Waals surface area contributed by atoms with E-state index in [-0.39, 0.29) is 0 Å². The van der Waals surface area contributed by atoms with E-state index in [0.717, 1.165) is 12.6 Å². The molecule has 0 bridgehead atoms. The number of hydrogen-bond donors (Lipinski definition) is 0. The maximum absolute atomic E-state index is 3.59. The van der Waals surface area contributed by atoms with Crippen LogP contribution >= 0.6 is 27.3 Å². The fourth-order valence-electron chi connectivity index (χ4n) is 2.02. The van der Waals surface area contributed by atoms with Gasteiger partial charge in [0.2, 0.25) is 0 Å². The highest BCUT2D eigenvalue weighted by Gasteiger charge is 2.24. The Morgan fingerprint density at radius 3 is 2.93 bits per heavy atom. The minimum Gasteiger partial charge on any atom is -0.305 e. The van der Waals surface area contributed by atoms with Crippen LogP contribution in [0.25, 0.3) is 0 Å². The topological polar surface area (TPSA) is 6.48 Å². The zero-order valence-corrected chi connectivity index (χ0v) is 11.6. The second-order valence-corrected chi connectivity index (χ2v) is 6.19. The lowest BCUT2D eigenvalue weighted by atomic mass is 10.2. The molecule has 0 radical (unpaired) electrons. The van der Waals surface area contributed by atoms with Gasteiger partial charge in [-0.1, -0.05) is 0 Å². The number of likely N-dealkylation sites (tertiary alicyclic amines) is 1. The number of halogens is 1. The molecule has 0 aliphatic carbocycles. The molecule has 1 aromatic rings. The van der Waals surface area contributed by atoms with Crippen LogP contribution in [-0.2, 0) is 6.54 Å².